The van der Waals surface area contributed by atoms with E-state index in [2.05, 4.69) is 22.4 Å². The van der Waals surface area contributed by atoms with Crippen molar-refractivity contribution in [2.24, 2.45) is 5.92 Å². The molecule has 1 fully saturated rings. The summed E-state index contributed by atoms with van der Waals surface area (Å²) in [5, 5.41) is 7.86. The number of unbranched alkanes of at least 4 members (excludes halogenated alkanes) is 1. The molecule has 1 aromatic heterocycles. The van der Waals surface area contributed by atoms with Crippen molar-refractivity contribution < 1.29 is 9.32 Å². The van der Waals surface area contributed by atoms with Gasteiger partial charge in [-0.25, -0.2) is 0 Å². The van der Waals surface area contributed by atoms with Gasteiger partial charge in [0.15, 0.2) is 0 Å². The molecule has 3 rings (SSSR count). The van der Waals surface area contributed by atoms with Crippen LogP contribution in [0.5, 0.6) is 0 Å². The number of carbonyl (C=O) groups excluding carboxylic acids is 1. The van der Waals surface area contributed by atoms with Gasteiger partial charge in [0.25, 0.3) is 0 Å². The van der Waals surface area contributed by atoms with E-state index in [9.17, 15) is 4.79 Å². The number of hydrogen-bond donors (Lipinski definition) is 1. The first-order valence-electron chi connectivity index (χ1n) is 9.53. The molecule has 1 N–H and O–H groups in total. The van der Waals surface area contributed by atoms with Gasteiger partial charge in [0, 0.05) is 29.5 Å². The Balaban J connectivity index is 1.48. The van der Waals surface area contributed by atoms with E-state index in [0.717, 1.165) is 12.0 Å². The van der Waals surface area contributed by atoms with Crippen molar-refractivity contribution in [2.75, 3.05) is 0 Å². The highest BCUT2D eigenvalue weighted by atomic mass is 35.5. The van der Waals surface area contributed by atoms with Gasteiger partial charge < -0.3 is 9.84 Å². The van der Waals surface area contributed by atoms with Crippen LogP contribution in [0.15, 0.2) is 28.8 Å². The molecule has 1 aliphatic rings. The molecular formula is C20H26ClN3O2. The maximum atomic E-state index is 12.3. The minimum Gasteiger partial charge on any atom is -0.353 e. The Morgan fingerprint density at radius 1 is 1.31 bits per heavy atom. The number of aryl methyl sites for hydroxylation is 1. The van der Waals surface area contributed by atoms with Gasteiger partial charge in [-0.05, 0) is 49.4 Å². The van der Waals surface area contributed by atoms with Crippen LogP contribution in [0.4, 0.5) is 0 Å². The van der Waals surface area contributed by atoms with E-state index in [4.69, 9.17) is 16.1 Å². The third kappa shape index (κ3) is 5.07. The van der Waals surface area contributed by atoms with Gasteiger partial charge in [0.05, 0.1) is 0 Å². The van der Waals surface area contributed by atoms with Crippen LogP contribution in [0.3, 0.4) is 0 Å². The molecule has 0 radical (unpaired) electrons. The molecule has 1 aliphatic carbocycles. The third-order valence-corrected chi connectivity index (χ3v) is 5.32. The van der Waals surface area contributed by atoms with Crippen LogP contribution in [0.2, 0.25) is 5.02 Å². The van der Waals surface area contributed by atoms with Crippen molar-refractivity contribution in [3.05, 3.63) is 35.2 Å². The Kier molecular flexibility index (Phi) is 6.67. The second-order valence-corrected chi connectivity index (χ2v) is 7.46. The maximum absolute atomic E-state index is 12.3. The molecular weight excluding hydrogens is 350 g/mol. The highest BCUT2D eigenvalue weighted by molar-refractivity contribution is 6.30. The van der Waals surface area contributed by atoms with Gasteiger partial charge >= 0.3 is 0 Å². The van der Waals surface area contributed by atoms with Crippen LogP contribution >= 0.6 is 11.6 Å². The van der Waals surface area contributed by atoms with Crippen molar-refractivity contribution >= 4 is 17.5 Å². The van der Waals surface area contributed by atoms with Crippen LogP contribution in [0, 0.1) is 5.92 Å². The van der Waals surface area contributed by atoms with E-state index in [1.807, 2.05) is 12.1 Å². The van der Waals surface area contributed by atoms with Gasteiger partial charge in [-0.3, -0.25) is 4.79 Å². The fourth-order valence-electron chi connectivity index (χ4n) is 3.61. The van der Waals surface area contributed by atoms with Gasteiger partial charge in [-0.2, -0.15) is 4.98 Å². The summed E-state index contributed by atoms with van der Waals surface area (Å²) in [6, 6.07) is 7.61. The van der Waals surface area contributed by atoms with E-state index in [0.29, 0.717) is 41.5 Å². The fraction of sp³-hybridized carbons (Fsp3) is 0.550. The molecule has 26 heavy (non-hydrogen) atoms. The van der Waals surface area contributed by atoms with Crippen LogP contribution in [0.25, 0.3) is 11.4 Å². The number of benzene rings is 1. The lowest BCUT2D eigenvalue weighted by atomic mass is 9.96. The molecule has 2 atom stereocenters. The summed E-state index contributed by atoms with van der Waals surface area (Å²) in [5.74, 6) is 1.72. The molecule has 0 saturated heterocycles. The molecule has 2 unspecified atom stereocenters. The van der Waals surface area contributed by atoms with E-state index < -0.39 is 0 Å². The smallest absolute Gasteiger partial charge is 0.227 e. The Morgan fingerprint density at radius 3 is 2.88 bits per heavy atom. The predicted molar refractivity (Wildman–Crippen MR) is 102 cm³/mol. The summed E-state index contributed by atoms with van der Waals surface area (Å²) in [6.45, 7) is 2.21. The van der Waals surface area contributed by atoms with Gasteiger partial charge in [-0.15, -0.1) is 0 Å². The topological polar surface area (TPSA) is 68.0 Å². The van der Waals surface area contributed by atoms with Crippen LogP contribution in [-0.4, -0.2) is 22.1 Å². The number of amides is 1. The minimum absolute atomic E-state index is 0.0737. The van der Waals surface area contributed by atoms with E-state index in [1.54, 1.807) is 12.1 Å². The van der Waals surface area contributed by atoms with Crippen molar-refractivity contribution in [2.45, 2.75) is 64.3 Å². The zero-order valence-electron chi connectivity index (χ0n) is 15.2. The molecule has 1 heterocycles. The van der Waals surface area contributed by atoms with Crippen molar-refractivity contribution in [3.8, 4) is 11.4 Å². The molecule has 0 bridgehead atoms. The Hall–Kier alpha value is -1.88. The van der Waals surface area contributed by atoms with E-state index in [1.165, 1.54) is 32.1 Å². The van der Waals surface area contributed by atoms with Crippen LogP contribution in [-0.2, 0) is 11.2 Å². The van der Waals surface area contributed by atoms with E-state index >= 15 is 0 Å². The molecule has 0 spiro atoms. The van der Waals surface area contributed by atoms with Gasteiger partial charge in [0.1, 0.15) is 0 Å². The minimum atomic E-state index is 0.0737. The number of halogens is 1. The summed E-state index contributed by atoms with van der Waals surface area (Å²) in [4.78, 5) is 16.7. The molecule has 0 aliphatic heterocycles. The first-order valence-corrected chi connectivity index (χ1v) is 9.91. The zero-order valence-corrected chi connectivity index (χ0v) is 16.0. The Labute approximate surface area is 159 Å². The summed E-state index contributed by atoms with van der Waals surface area (Å²) < 4.78 is 5.27. The predicted octanol–water partition coefficient (Wildman–Crippen LogP) is 4.80. The molecule has 6 heteroatoms. The second-order valence-electron chi connectivity index (χ2n) is 7.03. The number of hydrogen-bond acceptors (Lipinski definition) is 4. The van der Waals surface area contributed by atoms with Gasteiger partial charge in [0.2, 0.25) is 17.6 Å². The summed E-state index contributed by atoms with van der Waals surface area (Å²) >= 11 is 5.89. The molecule has 1 saturated carbocycles. The van der Waals surface area contributed by atoms with Gasteiger partial charge in [-0.1, -0.05) is 42.9 Å². The number of carbonyl (C=O) groups is 1. The highest BCUT2D eigenvalue weighted by Gasteiger charge is 2.27. The van der Waals surface area contributed by atoms with Crippen molar-refractivity contribution in [1.82, 2.24) is 15.5 Å². The second kappa shape index (κ2) is 9.17. The SMILES string of the molecule is CCCCC1CCCC1NC(=O)CCc1nc(-c2ccc(Cl)cc2)no1. The monoisotopic (exact) mass is 375 g/mol. The quantitative estimate of drug-likeness (QED) is 0.719. The van der Waals surface area contributed by atoms with Crippen molar-refractivity contribution in [1.29, 1.82) is 0 Å². The molecule has 140 valence electrons. The standard InChI is InChI=1S/C20H26ClN3O2/c1-2-3-5-14-6-4-7-17(14)22-18(25)12-13-19-23-20(24-26-19)15-8-10-16(21)11-9-15/h8-11,14,17H,2-7,12-13H2,1H3,(H,22,25). The summed E-state index contributed by atoms with van der Waals surface area (Å²) in [6.07, 6.45) is 8.05. The summed E-state index contributed by atoms with van der Waals surface area (Å²) in [7, 11) is 0. The zero-order chi connectivity index (χ0) is 18.4. The fourth-order valence-corrected chi connectivity index (χ4v) is 3.74. The highest BCUT2D eigenvalue weighted by Crippen LogP contribution is 2.30. The van der Waals surface area contributed by atoms with Crippen LogP contribution < -0.4 is 5.32 Å². The number of nitrogens with zero attached hydrogens (tertiary/aromatic N) is 2. The average molecular weight is 376 g/mol. The molecule has 1 aromatic carbocycles. The van der Waals surface area contributed by atoms with E-state index in [-0.39, 0.29) is 5.91 Å². The van der Waals surface area contributed by atoms with Crippen LogP contribution in [0.1, 0.15) is 57.8 Å². The first-order chi connectivity index (χ1) is 12.7. The normalized spacial score (nSPS) is 19.6. The maximum Gasteiger partial charge on any atom is 0.227 e. The lowest BCUT2D eigenvalue weighted by molar-refractivity contribution is -0.122. The molecule has 2 aromatic rings. The first kappa shape index (κ1) is 18.9. The average Bonchev–Trinajstić information content (AvgIpc) is 3.28. The Morgan fingerprint density at radius 2 is 2.12 bits per heavy atom. The summed E-state index contributed by atoms with van der Waals surface area (Å²) in [5.41, 5.74) is 0.846. The van der Waals surface area contributed by atoms with Crippen molar-refractivity contribution in [3.63, 3.8) is 0 Å². The third-order valence-electron chi connectivity index (χ3n) is 5.07. The number of nitrogens with one attached hydrogen (secondary N) is 1. The Bertz CT molecular complexity index is 714. The number of rotatable bonds is 8. The number of aromatic nitrogens is 2. The lowest BCUT2D eigenvalue weighted by Crippen LogP contribution is -2.37. The molecule has 5 nitrogen and oxygen atoms in total. The lowest BCUT2D eigenvalue weighted by Gasteiger charge is -2.20. The molecule has 1 amide bonds. The largest absolute Gasteiger partial charge is 0.353 e.